The van der Waals surface area contributed by atoms with Crippen LogP contribution in [0.25, 0.3) is 33.2 Å². The van der Waals surface area contributed by atoms with E-state index < -0.39 is 0 Å². The highest BCUT2D eigenvalue weighted by atomic mass is 32.2. The van der Waals surface area contributed by atoms with Crippen LogP contribution in [0.5, 0.6) is 0 Å². The first-order chi connectivity index (χ1) is 24.6. The van der Waals surface area contributed by atoms with Gasteiger partial charge in [0.05, 0.1) is 11.4 Å². The van der Waals surface area contributed by atoms with Crippen LogP contribution < -0.4 is 20.6 Å². The molecule has 0 unspecified atom stereocenters. The van der Waals surface area contributed by atoms with Gasteiger partial charge in [-0.3, -0.25) is 4.90 Å². The van der Waals surface area contributed by atoms with Gasteiger partial charge in [-0.15, -0.1) is 0 Å². The molecule has 0 spiro atoms. The van der Waals surface area contributed by atoms with Crippen LogP contribution in [0.15, 0.2) is 142 Å². The third-order valence-corrected chi connectivity index (χ3v) is 12.1. The fourth-order valence-corrected chi connectivity index (χ4v) is 9.47. The summed E-state index contributed by atoms with van der Waals surface area (Å²) in [5, 5.41) is 1.16. The molecular formula is C46H39BN2OS. The molecule has 3 aliphatic rings. The summed E-state index contributed by atoms with van der Waals surface area (Å²) in [7, 11) is 0. The zero-order chi connectivity index (χ0) is 34.8. The van der Waals surface area contributed by atoms with Gasteiger partial charge in [0.2, 0.25) is 5.88 Å². The van der Waals surface area contributed by atoms with Gasteiger partial charge >= 0.3 is 6.85 Å². The molecule has 248 valence electrons. The summed E-state index contributed by atoms with van der Waals surface area (Å²) in [5.41, 5.74) is 15.8. The van der Waals surface area contributed by atoms with Crippen molar-refractivity contribution < 1.29 is 4.42 Å². The van der Waals surface area contributed by atoms with Crippen LogP contribution >= 0.6 is 11.8 Å². The highest BCUT2D eigenvalue weighted by Gasteiger charge is 2.50. The van der Waals surface area contributed by atoms with Crippen LogP contribution in [0.3, 0.4) is 0 Å². The van der Waals surface area contributed by atoms with Crippen molar-refractivity contribution in [3.05, 3.63) is 139 Å². The third-order valence-electron chi connectivity index (χ3n) is 11.0. The van der Waals surface area contributed by atoms with Gasteiger partial charge in [-0.05, 0) is 81.0 Å². The van der Waals surface area contributed by atoms with E-state index in [0.717, 1.165) is 22.5 Å². The summed E-state index contributed by atoms with van der Waals surface area (Å²) in [4.78, 5) is 7.64. The predicted molar refractivity (Wildman–Crippen MR) is 217 cm³/mol. The molecule has 0 fully saturated rings. The van der Waals surface area contributed by atoms with E-state index in [4.69, 9.17) is 4.42 Å². The summed E-state index contributed by atoms with van der Waals surface area (Å²) in [6, 6.07) is 47.2. The number of anilines is 5. The van der Waals surface area contributed by atoms with Gasteiger partial charge in [0.15, 0.2) is 0 Å². The van der Waals surface area contributed by atoms with E-state index in [2.05, 4.69) is 179 Å². The van der Waals surface area contributed by atoms with Gasteiger partial charge < -0.3 is 9.23 Å². The fraction of sp³-hybridized carbons (Fsp3) is 0.174. The number of hydrogen-bond acceptors (Lipinski definition) is 4. The van der Waals surface area contributed by atoms with Gasteiger partial charge in [-0.2, -0.15) is 0 Å². The first-order valence-corrected chi connectivity index (χ1v) is 18.8. The molecule has 5 heteroatoms. The van der Waals surface area contributed by atoms with Crippen LogP contribution in [-0.2, 0) is 10.8 Å². The molecule has 0 amide bonds. The van der Waals surface area contributed by atoms with Gasteiger partial charge in [0.1, 0.15) is 5.58 Å². The average Bonchev–Trinajstić information content (AvgIpc) is 3.51. The number of hydrogen-bond donors (Lipinski definition) is 0. The number of rotatable bonds is 2. The first kappa shape index (κ1) is 30.7. The van der Waals surface area contributed by atoms with E-state index in [1.165, 1.54) is 71.2 Å². The minimum absolute atomic E-state index is 0.00796. The molecule has 3 nitrogen and oxygen atoms in total. The van der Waals surface area contributed by atoms with Crippen molar-refractivity contribution in [1.82, 2.24) is 0 Å². The molecule has 1 aromatic heterocycles. The van der Waals surface area contributed by atoms with Crippen LogP contribution in [0, 0.1) is 0 Å². The lowest BCUT2D eigenvalue weighted by atomic mass is 9.43. The fourth-order valence-electron chi connectivity index (χ4n) is 8.37. The minimum atomic E-state index is -0.0800. The molecule has 0 N–H and O–H groups in total. The lowest BCUT2D eigenvalue weighted by molar-refractivity contribution is 0.589. The molecular weight excluding hydrogens is 639 g/mol. The van der Waals surface area contributed by atoms with Crippen molar-refractivity contribution in [2.24, 2.45) is 0 Å². The molecule has 4 heterocycles. The average molecular weight is 679 g/mol. The quantitative estimate of drug-likeness (QED) is 0.170. The summed E-state index contributed by atoms with van der Waals surface area (Å²) >= 11 is 1.88. The van der Waals surface area contributed by atoms with E-state index in [1.54, 1.807) is 0 Å². The Hall–Kier alpha value is -5.13. The maximum absolute atomic E-state index is 7.14. The van der Waals surface area contributed by atoms with Crippen molar-refractivity contribution >= 4 is 69.1 Å². The Labute approximate surface area is 305 Å². The number of furan rings is 1. The van der Waals surface area contributed by atoms with Crippen LogP contribution in [0.4, 0.5) is 28.6 Å². The van der Waals surface area contributed by atoms with E-state index >= 15 is 0 Å². The topological polar surface area (TPSA) is 19.6 Å². The van der Waals surface area contributed by atoms with Gasteiger partial charge in [0.25, 0.3) is 0 Å². The summed E-state index contributed by atoms with van der Waals surface area (Å²) in [6.45, 7) is 13.8. The normalized spacial score (nSPS) is 14.3. The van der Waals surface area contributed by atoms with E-state index in [1.807, 2.05) is 11.8 Å². The van der Waals surface area contributed by atoms with Crippen molar-refractivity contribution in [3.63, 3.8) is 0 Å². The van der Waals surface area contributed by atoms with Gasteiger partial charge in [-0.25, -0.2) is 0 Å². The summed E-state index contributed by atoms with van der Waals surface area (Å²) in [6.07, 6.45) is 0. The lowest BCUT2D eigenvalue weighted by Gasteiger charge is -2.47. The highest BCUT2D eigenvalue weighted by Crippen LogP contribution is 2.57. The Kier molecular flexibility index (Phi) is 6.43. The SMILES string of the molecule is CC(C)(C)c1ccc(N2c3cc(C(C)(C)C)cc4c3B(c3c2oc2ccccc32)N2c3ccccc3Sc3cccc-4c32)c(-c2ccccc2)c1. The molecule has 0 saturated carbocycles. The number of benzene rings is 6. The van der Waals surface area contributed by atoms with Crippen LogP contribution in [0.1, 0.15) is 52.7 Å². The summed E-state index contributed by atoms with van der Waals surface area (Å²) in [5.74, 6) is 0.892. The predicted octanol–water partition coefficient (Wildman–Crippen LogP) is 11.9. The maximum atomic E-state index is 7.14. The van der Waals surface area contributed by atoms with Crippen molar-refractivity contribution in [2.75, 3.05) is 9.71 Å². The molecule has 51 heavy (non-hydrogen) atoms. The van der Waals surface area contributed by atoms with Gasteiger partial charge in [0, 0.05) is 43.1 Å². The molecule has 10 rings (SSSR count). The minimum Gasteiger partial charge on any atom is -0.440 e. The third kappa shape index (κ3) is 4.47. The second-order valence-electron chi connectivity index (χ2n) is 16.2. The molecule has 0 radical (unpaired) electrons. The second-order valence-corrected chi connectivity index (χ2v) is 17.3. The van der Waals surface area contributed by atoms with Crippen LogP contribution in [0.2, 0.25) is 0 Å². The maximum Gasteiger partial charge on any atom is 0.337 e. The molecule has 3 aliphatic heterocycles. The van der Waals surface area contributed by atoms with Crippen molar-refractivity contribution in [1.29, 1.82) is 0 Å². The Morgan fingerprint density at radius 3 is 2.06 bits per heavy atom. The van der Waals surface area contributed by atoms with E-state index in [0.29, 0.717) is 0 Å². The zero-order valence-electron chi connectivity index (χ0n) is 29.9. The number of fused-ring (bicyclic) bond motifs is 8. The summed E-state index contributed by atoms with van der Waals surface area (Å²) < 4.78 is 7.14. The monoisotopic (exact) mass is 678 g/mol. The van der Waals surface area contributed by atoms with Crippen molar-refractivity contribution in [2.45, 2.75) is 62.2 Å². The Balaban J connectivity index is 1.37. The molecule has 6 aromatic carbocycles. The Morgan fingerprint density at radius 2 is 1.25 bits per heavy atom. The lowest BCUT2D eigenvalue weighted by Crippen LogP contribution is -2.61. The standard InChI is InChI=1S/C46H39BN2OS/c1-45(2,3)29-23-24-35(33(25-29)28-15-8-7-9-16-28)48-37-27-30(46(4,5)6)26-34-31-18-14-22-40-43(31)49(36-19-11-13-21-39(36)51-40)47(41(34)37)42-32-17-10-12-20-38(32)50-44(42)48/h7-27H,1-6H3. The highest BCUT2D eigenvalue weighted by molar-refractivity contribution is 7.99. The number of nitrogens with zero attached hydrogens (tertiary/aromatic N) is 2. The molecule has 0 aliphatic carbocycles. The molecule has 0 saturated heterocycles. The van der Waals surface area contributed by atoms with Crippen molar-refractivity contribution in [3.8, 4) is 22.3 Å². The zero-order valence-corrected chi connectivity index (χ0v) is 30.7. The first-order valence-electron chi connectivity index (χ1n) is 18.0. The molecule has 0 bridgehead atoms. The Bertz CT molecular complexity index is 2560. The largest absolute Gasteiger partial charge is 0.440 e. The van der Waals surface area contributed by atoms with E-state index in [-0.39, 0.29) is 17.7 Å². The Morgan fingerprint density at radius 1 is 0.549 bits per heavy atom. The molecule has 7 aromatic rings. The van der Waals surface area contributed by atoms with Crippen LogP contribution in [-0.4, -0.2) is 6.85 Å². The van der Waals surface area contributed by atoms with Gasteiger partial charge in [-0.1, -0.05) is 138 Å². The van der Waals surface area contributed by atoms with E-state index in [9.17, 15) is 0 Å². The smallest absolute Gasteiger partial charge is 0.337 e. The number of para-hydroxylation sites is 3. The second kappa shape index (κ2) is 10.7. The molecule has 0 atom stereocenters.